The van der Waals surface area contributed by atoms with Gasteiger partial charge in [0.05, 0.1) is 12.7 Å². The predicted molar refractivity (Wildman–Crippen MR) is 103 cm³/mol. The van der Waals surface area contributed by atoms with Crippen LogP contribution in [0.25, 0.3) is 11.4 Å². The average Bonchev–Trinajstić information content (AvgIpc) is 2.66. The Bertz CT molecular complexity index is 887. The summed E-state index contributed by atoms with van der Waals surface area (Å²) in [4.78, 5) is 16.9. The highest BCUT2D eigenvalue weighted by Gasteiger charge is 2.29. The van der Waals surface area contributed by atoms with Gasteiger partial charge in [-0.15, -0.1) is 0 Å². The summed E-state index contributed by atoms with van der Waals surface area (Å²) in [5, 5.41) is 3.11. The minimum Gasteiger partial charge on any atom is -0.496 e. The van der Waals surface area contributed by atoms with Crippen LogP contribution in [0.4, 0.5) is 5.95 Å². The molecule has 0 unspecified atom stereocenters. The van der Waals surface area contributed by atoms with Crippen molar-refractivity contribution < 1.29 is 4.74 Å². The van der Waals surface area contributed by atoms with Crippen LogP contribution in [0.2, 0.25) is 0 Å². The molecule has 0 saturated carbocycles. The molecule has 0 spiro atoms. The number of alkyl halides is 3. The largest absolute Gasteiger partial charge is 0.496 e. The van der Waals surface area contributed by atoms with Crippen molar-refractivity contribution in [2.24, 2.45) is 0 Å². The molecule has 2 heterocycles. The Morgan fingerprint density at radius 1 is 1.00 bits per heavy atom. The van der Waals surface area contributed by atoms with E-state index in [1.165, 1.54) is 0 Å². The zero-order valence-electron chi connectivity index (χ0n) is 13.7. The van der Waals surface area contributed by atoms with Crippen molar-refractivity contribution in [1.29, 1.82) is 0 Å². The van der Waals surface area contributed by atoms with Crippen molar-refractivity contribution >= 4 is 40.8 Å². The van der Waals surface area contributed by atoms with Crippen LogP contribution in [-0.2, 0) is 10.3 Å². The summed E-state index contributed by atoms with van der Waals surface area (Å²) in [6.45, 7) is 0.483. The van der Waals surface area contributed by atoms with Gasteiger partial charge in [0.15, 0.2) is 11.6 Å². The summed E-state index contributed by atoms with van der Waals surface area (Å²) in [5.74, 6) is 1.26. The fraction of sp³-hybridized carbons (Fsp3) is 0.176. The van der Waals surface area contributed by atoms with Crippen molar-refractivity contribution in [3.8, 4) is 17.1 Å². The molecule has 3 aromatic rings. The van der Waals surface area contributed by atoms with E-state index < -0.39 is 3.79 Å². The molecule has 0 radical (unpaired) electrons. The molecule has 0 aliphatic heterocycles. The highest BCUT2D eigenvalue weighted by atomic mass is 35.6. The van der Waals surface area contributed by atoms with Gasteiger partial charge in [0, 0.05) is 18.9 Å². The number of nitrogens with zero attached hydrogens (tertiary/aromatic N) is 4. The molecule has 1 aromatic carbocycles. The summed E-state index contributed by atoms with van der Waals surface area (Å²) >= 11 is 18.0. The third-order valence-corrected chi connectivity index (χ3v) is 3.94. The number of pyridine rings is 1. The molecule has 0 bridgehead atoms. The first-order valence-corrected chi connectivity index (χ1v) is 8.70. The molecule has 0 atom stereocenters. The topological polar surface area (TPSA) is 72.8 Å². The molecule has 0 saturated heterocycles. The normalized spacial score (nSPS) is 11.2. The van der Waals surface area contributed by atoms with Crippen LogP contribution in [0.15, 0.2) is 48.8 Å². The number of halogens is 3. The maximum atomic E-state index is 5.99. The SMILES string of the molecule is COc1ccccc1-c1nc(NCc2ccncc2)nc(C(Cl)(Cl)Cl)n1. The Labute approximate surface area is 165 Å². The van der Waals surface area contributed by atoms with Crippen LogP contribution >= 0.6 is 34.8 Å². The van der Waals surface area contributed by atoms with Crippen molar-refractivity contribution in [1.82, 2.24) is 19.9 Å². The highest BCUT2D eigenvalue weighted by Crippen LogP contribution is 2.37. The van der Waals surface area contributed by atoms with E-state index in [0.717, 1.165) is 5.56 Å². The summed E-state index contributed by atoms with van der Waals surface area (Å²) in [7, 11) is 1.57. The van der Waals surface area contributed by atoms with E-state index in [9.17, 15) is 0 Å². The predicted octanol–water partition coefficient (Wildman–Crippen LogP) is 4.38. The first kappa shape index (κ1) is 18.6. The van der Waals surface area contributed by atoms with Crippen molar-refractivity contribution in [3.05, 3.63) is 60.2 Å². The number of hydrogen-bond acceptors (Lipinski definition) is 6. The number of para-hydroxylation sites is 1. The number of benzene rings is 1. The van der Waals surface area contributed by atoms with E-state index in [2.05, 4.69) is 25.3 Å². The molecular formula is C17H14Cl3N5O. The van der Waals surface area contributed by atoms with E-state index >= 15 is 0 Å². The van der Waals surface area contributed by atoms with Gasteiger partial charge in [0.2, 0.25) is 9.74 Å². The first-order chi connectivity index (χ1) is 12.5. The molecule has 9 heteroatoms. The van der Waals surface area contributed by atoms with Gasteiger partial charge in [-0.25, -0.2) is 4.98 Å². The van der Waals surface area contributed by atoms with Gasteiger partial charge in [0.25, 0.3) is 0 Å². The fourth-order valence-corrected chi connectivity index (χ4v) is 2.47. The number of anilines is 1. The number of ether oxygens (including phenoxy) is 1. The van der Waals surface area contributed by atoms with Gasteiger partial charge >= 0.3 is 0 Å². The zero-order chi connectivity index (χ0) is 18.6. The van der Waals surface area contributed by atoms with Gasteiger partial charge in [-0.3, -0.25) is 4.98 Å². The van der Waals surface area contributed by atoms with E-state index in [-0.39, 0.29) is 5.82 Å². The lowest BCUT2D eigenvalue weighted by atomic mass is 10.2. The van der Waals surface area contributed by atoms with Crippen molar-refractivity contribution in [3.63, 3.8) is 0 Å². The van der Waals surface area contributed by atoms with Gasteiger partial charge in [-0.1, -0.05) is 46.9 Å². The minimum atomic E-state index is -1.78. The first-order valence-electron chi connectivity index (χ1n) is 7.57. The lowest BCUT2D eigenvalue weighted by Gasteiger charge is -2.14. The van der Waals surface area contributed by atoms with Crippen LogP contribution in [0.1, 0.15) is 11.4 Å². The molecule has 2 aromatic heterocycles. The number of rotatable bonds is 5. The summed E-state index contributed by atoms with van der Waals surface area (Å²) in [6, 6.07) is 11.1. The average molecular weight is 411 g/mol. The maximum Gasteiger partial charge on any atom is 0.250 e. The van der Waals surface area contributed by atoms with E-state index in [1.807, 2.05) is 30.3 Å². The van der Waals surface area contributed by atoms with Crippen molar-refractivity contribution in [2.75, 3.05) is 12.4 Å². The maximum absolute atomic E-state index is 5.99. The molecule has 26 heavy (non-hydrogen) atoms. The van der Waals surface area contributed by atoms with Crippen LogP contribution in [0.3, 0.4) is 0 Å². The second-order valence-corrected chi connectivity index (χ2v) is 7.49. The number of aromatic nitrogens is 4. The Hall–Kier alpha value is -2.15. The minimum absolute atomic E-state index is 0.0237. The Morgan fingerprint density at radius 2 is 1.73 bits per heavy atom. The molecule has 0 fully saturated rings. The highest BCUT2D eigenvalue weighted by molar-refractivity contribution is 6.66. The fourth-order valence-electron chi connectivity index (χ4n) is 2.21. The van der Waals surface area contributed by atoms with Crippen LogP contribution in [0, 0.1) is 0 Å². The third-order valence-electron chi connectivity index (χ3n) is 3.44. The Balaban J connectivity index is 1.99. The summed E-state index contributed by atoms with van der Waals surface area (Å²) < 4.78 is 3.58. The monoisotopic (exact) mass is 409 g/mol. The van der Waals surface area contributed by atoms with Gasteiger partial charge in [-0.2, -0.15) is 9.97 Å². The summed E-state index contributed by atoms with van der Waals surface area (Å²) in [6.07, 6.45) is 3.41. The van der Waals surface area contributed by atoms with Crippen molar-refractivity contribution in [2.45, 2.75) is 10.3 Å². The molecule has 3 rings (SSSR count). The Kier molecular flexibility index (Phi) is 5.76. The molecule has 6 nitrogen and oxygen atoms in total. The van der Waals surface area contributed by atoms with Crippen LogP contribution in [0.5, 0.6) is 5.75 Å². The standard InChI is InChI=1S/C17H14Cl3N5O/c1-26-13-5-3-2-4-12(13)14-23-15(17(18,19)20)25-16(24-14)22-10-11-6-8-21-9-7-11/h2-9H,10H2,1H3,(H,22,23,24,25). The van der Waals surface area contributed by atoms with E-state index in [0.29, 0.717) is 29.6 Å². The quantitative estimate of drug-likeness (QED) is 0.629. The van der Waals surface area contributed by atoms with Crippen LogP contribution < -0.4 is 10.1 Å². The van der Waals surface area contributed by atoms with Gasteiger partial charge < -0.3 is 10.1 Å². The van der Waals surface area contributed by atoms with E-state index in [1.54, 1.807) is 25.6 Å². The number of hydrogen-bond donors (Lipinski definition) is 1. The molecule has 1 N–H and O–H groups in total. The number of methoxy groups -OCH3 is 1. The molecule has 134 valence electrons. The molecular weight excluding hydrogens is 397 g/mol. The second-order valence-electron chi connectivity index (χ2n) is 5.21. The number of nitrogens with one attached hydrogen (secondary N) is 1. The third kappa shape index (κ3) is 4.52. The van der Waals surface area contributed by atoms with Gasteiger partial charge in [0.1, 0.15) is 5.75 Å². The smallest absolute Gasteiger partial charge is 0.250 e. The molecule has 0 amide bonds. The molecule has 0 aliphatic rings. The van der Waals surface area contributed by atoms with Crippen LogP contribution in [-0.4, -0.2) is 27.0 Å². The zero-order valence-corrected chi connectivity index (χ0v) is 15.9. The summed E-state index contributed by atoms with van der Waals surface area (Å²) in [5.41, 5.74) is 1.68. The Morgan fingerprint density at radius 3 is 2.42 bits per heavy atom. The molecule has 0 aliphatic carbocycles. The lowest BCUT2D eigenvalue weighted by Crippen LogP contribution is -2.13. The van der Waals surface area contributed by atoms with E-state index in [4.69, 9.17) is 39.5 Å². The second kappa shape index (κ2) is 8.03. The lowest BCUT2D eigenvalue weighted by molar-refractivity contribution is 0.416. The van der Waals surface area contributed by atoms with Gasteiger partial charge in [-0.05, 0) is 29.8 Å².